The highest BCUT2D eigenvalue weighted by atomic mass is 16.3. The average molecular weight is 650 g/mol. The van der Waals surface area contributed by atoms with Crippen LogP contribution < -0.4 is 16.4 Å². The Hall–Kier alpha value is -4.29. The number of likely N-dealkylation sites (N-methyl/N-ethyl adjacent to an activating group) is 3. The number of urea groups is 1. The predicted octanol–water partition coefficient (Wildman–Crippen LogP) is 3.67. The first-order chi connectivity index (χ1) is 22.7. The topological polar surface area (TPSA) is 134 Å². The van der Waals surface area contributed by atoms with Gasteiger partial charge in [-0.3, -0.25) is 9.69 Å². The van der Waals surface area contributed by atoms with E-state index in [4.69, 9.17) is 10.8 Å². The number of aryl methyl sites for hydroxylation is 1. The SMILES string of the molecule is C=CCN(CC)N(C(=O)NCc1ccccc1)C(CN(C)CC1=CC(N)C(NC)C=C1)N(C=O)CC=O.CC.Cc1ccc(O)cc1. The molecule has 0 radical (unpaired) electrons. The highest BCUT2D eigenvalue weighted by Gasteiger charge is 2.33. The Bertz CT molecular complexity index is 1230. The van der Waals surface area contributed by atoms with Crippen molar-refractivity contribution in [3.05, 3.63) is 102 Å². The van der Waals surface area contributed by atoms with Gasteiger partial charge in [0.2, 0.25) is 6.41 Å². The summed E-state index contributed by atoms with van der Waals surface area (Å²) in [6.45, 7) is 13.6. The first-order valence-electron chi connectivity index (χ1n) is 16.0. The zero-order valence-corrected chi connectivity index (χ0v) is 28.9. The number of benzene rings is 2. The van der Waals surface area contributed by atoms with Crippen LogP contribution in [0.3, 0.4) is 0 Å². The first-order valence-corrected chi connectivity index (χ1v) is 16.0. The number of aromatic hydroxyl groups is 1. The van der Waals surface area contributed by atoms with E-state index in [1.165, 1.54) is 15.5 Å². The van der Waals surface area contributed by atoms with Crippen LogP contribution in [0.25, 0.3) is 0 Å². The minimum Gasteiger partial charge on any atom is -0.508 e. The lowest BCUT2D eigenvalue weighted by molar-refractivity contribution is -0.135. The number of hydrogen-bond acceptors (Lipinski definition) is 8. The zero-order valence-electron chi connectivity index (χ0n) is 28.9. The smallest absolute Gasteiger partial charge is 0.334 e. The standard InChI is InChI=1S/C27H41N7O3.C7H8O.C2H6/c1-5-14-33(6-2)34(27(37)30-18-22-10-8-7-9-11-22)26(32(21-36)15-16-35)20-31(4)19-23-12-13-25(29-3)24(28)17-23;1-6-2-4-7(8)5-3-6;1-2/h5,7-13,16-17,21,24-26,29H,1,6,14-15,18-20,28H2,2-4H3,(H,30,37);2-5,8H,1H3;1-2H3. The zero-order chi connectivity index (χ0) is 35.2. The molecule has 3 amide bonds. The Balaban J connectivity index is 0.000000946. The van der Waals surface area contributed by atoms with E-state index in [2.05, 4.69) is 17.2 Å². The van der Waals surface area contributed by atoms with Crippen LogP contribution in [0, 0.1) is 6.92 Å². The van der Waals surface area contributed by atoms with Crippen LogP contribution in [-0.2, 0) is 16.1 Å². The monoisotopic (exact) mass is 649 g/mol. The van der Waals surface area contributed by atoms with Crippen LogP contribution in [0.15, 0.2) is 91.1 Å². The number of carbonyl (C=O) groups excluding carboxylic acids is 3. The van der Waals surface area contributed by atoms with Crippen LogP contribution >= 0.6 is 0 Å². The molecule has 3 rings (SSSR count). The summed E-state index contributed by atoms with van der Waals surface area (Å²) in [4.78, 5) is 40.5. The Labute approximate surface area is 281 Å². The van der Waals surface area contributed by atoms with Crippen molar-refractivity contribution in [1.29, 1.82) is 0 Å². The van der Waals surface area contributed by atoms with E-state index in [9.17, 15) is 14.4 Å². The fourth-order valence-corrected chi connectivity index (χ4v) is 4.82. The average Bonchev–Trinajstić information content (AvgIpc) is 3.08. The number of nitrogens with one attached hydrogen (secondary N) is 2. The van der Waals surface area contributed by atoms with Gasteiger partial charge in [0.1, 0.15) is 18.2 Å². The molecule has 1 aliphatic carbocycles. The van der Waals surface area contributed by atoms with Gasteiger partial charge >= 0.3 is 6.03 Å². The molecule has 3 atom stereocenters. The van der Waals surface area contributed by atoms with Gasteiger partial charge in [0, 0.05) is 44.8 Å². The fraction of sp³-hybridized carbons (Fsp3) is 0.417. The molecule has 0 fully saturated rings. The van der Waals surface area contributed by atoms with Crippen LogP contribution in [-0.4, -0.2) is 109 Å². The van der Waals surface area contributed by atoms with E-state index in [0.29, 0.717) is 51.2 Å². The van der Waals surface area contributed by atoms with Crippen LogP contribution in [0.5, 0.6) is 5.75 Å². The van der Waals surface area contributed by atoms with E-state index >= 15 is 0 Å². The minimum absolute atomic E-state index is 0.0702. The molecule has 2 aromatic rings. The van der Waals surface area contributed by atoms with Crippen molar-refractivity contribution in [2.24, 2.45) is 5.73 Å². The Morgan fingerprint density at radius 3 is 2.26 bits per heavy atom. The lowest BCUT2D eigenvalue weighted by Gasteiger charge is -2.44. The third-order valence-corrected chi connectivity index (χ3v) is 7.22. The van der Waals surface area contributed by atoms with Gasteiger partial charge in [-0.2, -0.15) is 0 Å². The number of nitrogens with zero attached hydrogens (tertiary/aromatic N) is 4. The predicted molar refractivity (Wildman–Crippen MR) is 190 cm³/mol. The number of hydrazine groups is 1. The van der Waals surface area contributed by atoms with Crippen molar-refractivity contribution in [2.45, 2.75) is 52.5 Å². The first kappa shape index (κ1) is 40.7. The number of phenols is 1. The molecule has 3 unspecified atom stereocenters. The summed E-state index contributed by atoms with van der Waals surface area (Å²) in [6.07, 6.45) is 8.30. The molecule has 11 nitrogen and oxygen atoms in total. The molecule has 0 aliphatic heterocycles. The molecule has 0 heterocycles. The Kier molecular flexibility index (Phi) is 20.0. The van der Waals surface area contributed by atoms with Gasteiger partial charge in [-0.05, 0) is 44.3 Å². The van der Waals surface area contributed by atoms with E-state index < -0.39 is 6.17 Å². The molecule has 5 N–H and O–H groups in total. The third-order valence-electron chi connectivity index (χ3n) is 7.22. The van der Waals surface area contributed by atoms with E-state index in [1.54, 1.807) is 23.2 Å². The summed E-state index contributed by atoms with van der Waals surface area (Å²) in [5, 5.41) is 18.2. The maximum absolute atomic E-state index is 13.6. The van der Waals surface area contributed by atoms with Gasteiger partial charge in [-0.15, -0.1) is 6.58 Å². The normalized spacial score (nSPS) is 15.6. The van der Waals surface area contributed by atoms with Crippen LogP contribution in [0.2, 0.25) is 0 Å². The number of rotatable bonds is 16. The number of amides is 3. The minimum atomic E-state index is -0.740. The Morgan fingerprint density at radius 1 is 1.09 bits per heavy atom. The van der Waals surface area contributed by atoms with E-state index in [-0.39, 0.29) is 24.7 Å². The molecule has 0 saturated carbocycles. The molecule has 0 aromatic heterocycles. The van der Waals surface area contributed by atoms with Gasteiger partial charge in [0.05, 0.1) is 6.54 Å². The summed E-state index contributed by atoms with van der Waals surface area (Å²) in [6, 6.07) is 16.2. The van der Waals surface area contributed by atoms with Crippen LogP contribution in [0.1, 0.15) is 31.9 Å². The number of aldehydes is 1. The Morgan fingerprint density at radius 2 is 1.74 bits per heavy atom. The van der Waals surface area contributed by atoms with Crippen molar-refractivity contribution in [1.82, 2.24) is 30.5 Å². The lowest BCUT2D eigenvalue weighted by atomic mass is 9.98. The molecule has 2 aromatic carbocycles. The molecule has 0 spiro atoms. The second-order valence-corrected chi connectivity index (χ2v) is 10.8. The summed E-state index contributed by atoms with van der Waals surface area (Å²) in [5.74, 6) is 0.329. The van der Waals surface area contributed by atoms with Gasteiger partial charge < -0.3 is 31.2 Å². The van der Waals surface area contributed by atoms with Crippen LogP contribution in [0.4, 0.5) is 4.79 Å². The number of phenolic OH excluding ortho intramolecular Hbond substituents is 1. The largest absolute Gasteiger partial charge is 0.508 e. The third kappa shape index (κ3) is 14.3. The van der Waals surface area contributed by atoms with Crippen molar-refractivity contribution in [3.63, 3.8) is 0 Å². The summed E-state index contributed by atoms with van der Waals surface area (Å²) < 4.78 is 0. The van der Waals surface area contributed by atoms with E-state index in [0.717, 1.165) is 11.1 Å². The van der Waals surface area contributed by atoms with Gasteiger partial charge in [-0.1, -0.05) is 93.1 Å². The molecule has 1 aliphatic rings. The van der Waals surface area contributed by atoms with E-state index in [1.807, 2.05) is 107 Å². The summed E-state index contributed by atoms with van der Waals surface area (Å²) in [7, 11) is 3.77. The van der Waals surface area contributed by atoms with Gasteiger partial charge in [0.25, 0.3) is 0 Å². The van der Waals surface area contributed by atoms with Gasteiger partial charge in [-0.25, -0.2) is 14.8 Å². The molecule has 0 saturated heterocycles. The lowest BCUT2D eigenvalue weighted by Crippen LogP contribution is -2.63. The van der Waals surface area contributed by atoms with Gasteiger partial charge in [0.15, 0.2) is 0 Å². The van der Waals surface area contributed by atoms with Crippen molar-refractivity contribution in [2.75, 3.05) is 46.8 Å². The number of hydrogen-bond donors (Lipinski definition) is 4. The maximum atomic E-state index is 13.6. The summed E-state index contributed by atoms with van der Waals surface area (Å²) >= 11 is 0. The second-order valence-electron chi connectivity index (χ2n) is 10.8. The molecule has 47 heavy (non-hydrogen) atoms. The number of carbonyl (C=O) groups is 3. The number of nitrogens with two attached hydrogens (primary N) is 1. The molecule has 11 heteroatoms. The molecule has 0 bridgehead atoms. The van der Waals surface area contributed by atoms with Crippen molar-refractivity contribution < 1.29 is 19.5 Å². The quantitative estimate of drug-likeness (QED) is 0.0937. The highest BCUT2D eigenvalue weighted by molar-refractivity contribution is 5.74. The molecule has 258 valence electrons. The van der Waals surface area contributed by atoms with Crippen molar-refractivity contribution in [3.8, 4) is 5.75 Å². The maximum Gasteiger partial charge on any atom is 0.334 e. The molecular weight excluding hydrogens is 594 g/mol. The van der Waals surface area contributed by atoms with Crippen molar-refractivity contribution >= 4 is 18.7 Å². The fourth-order valence-electron chi connectivity index (χ4n) is 4.82. The summed E-state index contributed by atoms with van der Waals surface area (Å²) in [5.41, 5.74) is 9.40. The second kappa shape index (κ2) is 23.1. The highest BCUT2D eigenvalue weighted by Crippen LogP contribution is 2.15. The molecular formula is C36H55N7O4.